The van der Waals surface area contributed by atoms with Gasteiger partial charge in [0.25, 0.3) is 0 Å². The number of ketones is 1. The molecule has 0 saturated carbocycles. The molecule has 2 aliphatic rings. The first kappa shape index (κ1) is 23.5. The average molecular weight is 500 g/mol. The second-order valence-electron chi connectivity index (χ2n) is 8.77. The van der Waals surface area contributed by atoms with E-state index in [1.165, 1.54) is 27.2 Å². The molecule has 0 spiro atoms. The van der Waals surface area contributed by atoms with Crippen LogP contribution in [0.15, 0.2) is 46.5 Å². The molecule has 1 fully saturated rings. The summed E-state index contributed by atoms with van der Waals surface area (Å²) < 4.78 is 35.0. The van der Waals surface area contributed by atoms with E-state index in [1.807, 2.05) is 36.6 Å². The summed E-state index contributed by atoms with van der Waals surface area (Å²) in [5.41, 5.74) is 4.88. The van der Waals surface area contributed by atoms with Crippen LogP contribution in [0.5, 0.6) is 0 Å². The number of morpholine rings is 1. The van der Waals surface area contributed by atoms with E-state index in [1.54, 1.807) is 12.1 Å². The minimum atomic E-state index is -3.60. The third-order valence-corrected chi connectivity index (χ3v) is 9.63. The van der Waals surface area contributed by atoms with Gasteiger partial charge in [-0.3, -0.25) is 4.79 Å². The second-order valence-corrected chi connectivity index (χ2v) is 12.0. The average Bonchev–Trinajstić information content (AvgIpc) is 3.46. The van der Waals surface area contributed by atoms with E-state index in [4.69, 9.17) is 9.72 Å². The molecule has 180 valence electrons. The number of hydrogen-bond donors (Lipinski definition) is 0. The number of fused-ring (bicyclic) bond motifs is 2. The molecule has 1 aliphatic heterocycles. The molecule has 1 aromatic heterocycles. The molecule has 2 heterocycles. The van der Waals surface area contributed by atoms with Crippen LogP contribution in [0, 0.1) is 0 Å². The van der Waals surface area contributed by atoms with Crippen LogP contribution in [0.4, 0.5) is 0 Å². The smallest absolute Gasteiger partial charge is 0.243 e. The standard InChI is InChI=1S/C25H29N3O4S2/c1-3-28-23-10-9-21(34(30,31)27-11-13-32-14-12-27)16-22(23)26-25(28)33-17(2)24(29)20-8-7-18-5-4-6-19(18)15-20/h7-10,15-17H,3-6,11-14H2,1-2H3/t17-/m0/s1. The molecule has 0 N–H and O–H groups in total. The van der Waals surface area contributed by atoms with Crippen LogP contribution in [0.1, 0.15) is 41.8 Å². The number of hydrogen-bond acceptors (Lipinski definition) is 6. The molecule has 7 nitrogen and oxygen atoms in total. The van der Waals surface area contributed by atoms with Crippen LogP contribution >= 0.6 is 11.8 Å². The maximum absolute atomic E-state index is 13.2. The summed E-state index contributed by atoms with van der Waals surface area (Å²) in [6.07, 6.45) is 3.29. The number of aryl methyl sites for hydroxylation is 3. The lowest BCUT2D eigenvalue weighted by atomic mass is 10.0. The van der Waals surface area contributed by atoms with Gasteiger partial charge in [0, 0.05) is 25.2 Å². The molecule has 0 amide bonds. The van der Waals surface area contributed by atoms with E-state index in [0.717, 1.165) is 35.5 Å². The number of benzene rings is 2. The number of rotatable bonds is 7. The Labute approximate surface area is 204 Å². The van der Waals surface area contributed by atoms with Gasteiger partial charge in [0.15, 0.2) is 10.9 Å². The summed E-state index contributed by atoms with van der Waals surface area (Å²) in [4.78, 5) is 18.2. The summed E-state index contributed by atoms with van der Waals surface area (Å²) in [6.45, 7) is 6.13. The maximum Gasteiger partial charge on any atom is 0.243 e. The highest BCUT2D eigenvalue weighted by atomic mass is 32.2. The fraction of sp³-hybridized carbons (Fsp3) is 0.440. The number of aromatic nitrogens is 2. The van der Waals surface area contributed by atoms with E-state index in [2.05, 4.69) is 6.07 Å². The third-order valence-electron chi connectivity index (χ3n) is 6.64. The van der Waals surface area contributed by atoms with Crippen LogP contribution in [0.25, 0.3) is 11.0 Å². The normalized spacial score (nSPS) is 17.7. The Bertz CT molecular complexity index is 1340. The zero-order chi connectivity index (χ0) is 23.9. The van der Waals surface area contributed by atoms with Crippen molar-refractivity contribution in [1.29, 1.82) is 0 Å². The molecule has 9 heteroatoms. The van der Waals surface area contributed by atoms with E-state index in [9.17, 15) is 13.2 Å². The Morgan fingerprint density at radius 3 is 2.65 bits per heavy atom. The summed E-state index contributed by atoms with van der Waals surface area (Å²) in [5, 5.41) is 0.415. The summed E-state index contributed by atoms with van der Waals surface area (Å²) >= 11 is 1.42. The quantitative estimate of drug-likeness (QED) is 0.362. The Morgan fingerprint density at radius 2 is 1.88 bits per heavy atom. The van der Waals surface area contributed by atoms with Crippen molar-refractivity contribution in [2.75, 3.05) is 26.3 Å². The second kappa shape index (κ2) is 9.45. The lowest BCUT2D eigenvalue weighted by molar-refractivity contribution is 0.0730. The number of thioether (sulfide) groups is 1. The first-order valence-electron chi connectivity index (χ1n) is 11.8. The largest absolute Gasteiger partial charge is 0.379 e. The summed E-state index contributed by atoms with van der Waals surface area (Å²) in [7, 11) is -3.60. The number of ether oxygens (including phenoxy) is 1. The molecule has 1 aliphatic carbocycles. The molecular formula is C25H29N3O4S2. The molecule has 0 unspecified atom stereocenters. The van der Waals surface area contributed by atoms with Crippen molar-refractivity contribution in [3.8, 4) is 0 Å². The predicted octanol–water partition coefficient (Wildman–Crippen LogP) is 3.93. The number of sulfonamides is 1. The van der Waals surface area contributed by atoms with Gasteiger partial charge in [-0.2, -0.15) is 4.31 Å². The van der Waals surface area contributed by atoms with E-state index in [-0.39, 0.29) is 15.9 Å². The number of nitrogens with zero attached hydrogens (tertiary/aromatic N) is 3. The van der Waals surface area contributed by atoms with Crippen LogP contribution in [-0.4, -0.2) is 59.6 Å². The molecule has 2 aromatic carbocycles. The minimum Gasteiger partial charge on any atom is -0.379 e. The maximum atomic E-state index is 13.2. The lowest BCUT2D eigenvalue weighted by Gasteiger charge is -2.26. The Hall–Kier alpha value is -2.20. The van der Waals surface area contributed by atoms with Gasteiger partial charge in [0.05, 0.1) is 34.4 Å². The highest BCUT2D eigenvalue weighted by Gasteiger charge is 2.28. The summed E-state index contributed by atoms with van der Waals surface area (Å²) in [6, 6.07) is 11.2. The monoisotopic (exact) mass is 499 g/mol. The third kappa shape index (κ3) is 4.30. The predicted molar refractivity (Wildman–Crippen MR) is 133 cm³/mol. The molecule has 0 radical (unpaired) electrons. The fourth-order valence-electron chi connectivity index (χ4n) is 4.75. The molecule has 1 atom stereocenters. The summed E-state index contributed by atoms with van der Waals surface area (Å²) in [5.74, 6) is 0.0880. The number of carbonyl (C=O) groups is 1. The fourth-order valence-corrected chi connectivity index (χ4v) is 7.24. The Balaban J connectivity index is 1.41. The van der Waals surface area contributed by atoms with Crippen molar-refractivity contribution in [2.24, 2.45) is 0 Å². The van der Waals surface area contributed by atoms with E-state index < -0.39 is 10.0 Å². The zero-order valence-electron chi connectivity index (χ0n) is 19.5. The Kier molecular flexibility index (Phi) is 6.54. The van der Waals surface area contributed by atoms with E-state index in [0.29, 0.717) is 38.4 Å². The number of Topliss-reactive ketones (excluding diaryl/α,β-unsaturated/α-hetero) is 1. The first-order chi connectivity index (χ1) is 16.4. The molecule has 1 saturated heterocycles. The van der Waals surface area contributed by atoms with Crippen molar-refractivity contribution < 1.29 is 17.9 Å². The van der Waals surface area contributed by atoms with Crippen LogP contribution in [0.3, 0.4) is 0 Å². The van der Waals surface area contributed by atoms with Crippen molar-refractivity contribution in [1.82, 2.24) is 13.9 Å². The zero-order valence-corrected chi connectivity index (χ0v) is 21.1. The highest BCUT2D eigenvalue weighted by Crippen LogP contribution is 2.31. The van der Waals surface area contributed by atoms with E-state index >= 15 is 0 Å². The first-order valence-corrected chi connectivity index (χ1v) is 14.1. The van der Waals surface area contributed by atoms with Gasteiger partial charge in [-0.15, -0.1) is 0 Å². The number of imidazole rings is 1. The van der Waals surface area contributed by atoms with Crippen LogP contribution in [-0.2, 0) is 34.1 Å². The lowest BCUT2D eigenvalue weighted by Crippen LogP contribution is -2.40. The minimum absolute atomic E-state index is 0.0880. The molecule has 5 rings (SSSR count). The van der Waals surface area contributed by atoms with Gasteiger partial charge >= 0.3 is 0 Å². The van der Waals surface area contributed by atoms with Crippen molar-refractivity contribution in [2.45, 2.75) is 55.0 Å². The van der Waals surface area contributed by atoms with Crippen molar-refractivity contribution in [3.63, 3.8) is 0 Å². The van der Waals surface area contributed by atoms with Crippen molar-refractivity contribution in [3.05, 3.63) is 53.1 Å². The van der Waals surface area contributed by atoms with Gasteiger partial charge in [-0.1, -0.05) is 23.9 Å². The molecule has 0 bridgehead atoms. The SMILES string of the molecule is CCn1c(S[C@@H](C)C(=O)c2ccc3c(c2)CCC3)nc2cc(S(=O)(=O)N3CCOCC3)ccc21. The molecular weight excluding hydrogens is 470 g/mol. The van der Waals surface area contributed by atoms with Gasteiger partial charge in [-0.05, 0) is 68.5 Å². The van der Waals surface area contributed by atoms with Gasteiger partial charge in [0.1, 0.15) is 0 Å². The van der Waals surface area contributed by atoms with Crippen LogP contribution in [0.2, 0.25) is 0 Å². The molecule has 34 heavy (non-hydrogen) atoms. The van der Waals surface area contributed by atoms with Gasteiger partial charge in [0.2, 0.25) is 10.0 Å². The van der Waals surface area contributed by atoms with Gasteiger partial charge < -0.3 is 9.30 Å². The topological polar surface area (TPSA) is 81.5 Å². The Morgan fingerprint density at radius 1 is 1.12 bits per heavy atom. The van der Waals surface area contributed by atoms with Gasteiger partial charge in [-0.25, -0.2) is 13.4 Å². The van der Waals surface area contributed by atoms with Crippen LogP contribution < -0.4 is 0 Å². The molecule has 3 aromatic rings. The number of carbonyl (C=O) groups excluding carboxylic acids is 1. The highest BCUT2D eigenvalue weighted by molar-refractivity contribution is 8.00. The van der Waals surface area contributed by atoms with Crippen molar-refractivity contribution >= 4 is 38.6 Å².